The van der Waals surface area contributed by atoms with Crippen LogP contribution in [0, 0.1) is 16.7 Å². The molecule has 2 heterocycles. The number of nitrogens with two attached hydrogens (primary N) is 2. The molecule has 0 bridgehead atoms. The zero-order valence-corrected chi connectivity index (χ0v) is 17.7. The smallest absolute Gasteiger partial charge is 0.416 e. The SMILES string of the molecule is CC(C)OC(=O)[C@@]1(C#N)[C@@H]2C=CC(C(N)=O)=CN2[C@H](C(N)=O)[C@@H]1c1ccccc1C(F)(F)F. The molecule has 4 N–H and O–H groups in total. The van der Waals surface area contributed by atoms with Gasteiger partial charge in [0.15, 0.2) is 5.41 Å². The molecule has 33 heavy (non-hydrogen) atoms. The topological polar surface area (TPSA) is 140 Å². The van der Waals surface area contributed by atoms with E-state index in [9.17, 15) is 32.8 Å². The van der Waals surface area contributed by atoms with E-state index in [0.29, 0.717) is 0 Å². The van der Waals surface area contributed by atoms with Crippen LogP contribution in [-0.4, -0.2) is 40.9 Å². The van der Waals surface area contributed by atoms with Crippen molar-refractivity contribution in [3.8, 4) is 6.07 Å². The molecule has 2 amide bonds. The van der Waals surface area contributed by atoms with E-state index in [2.05, 4.69) is 0 Å². The molecule has 11 heteroatoms. The zero-order valence-electron chi connectivity index (χ0n) is 17.7. The predicted molar refractivity (Wildman–Crippen MR) is 108 cm³/mol. The monoisotopic (exact) mass is 462 g/mol. The van der Waals surface area contributed by atoms with Gasteiger partial charge in [0, 0.05) is 12.1 Å². The first-order valence-corrected chi connectivity index (χ1v) is 9.91. The molecule has 4 atom stereocenters. The Morgan fingerprint density at radius 3 is 2.36 bits per heavy atom. The van der Waals surface area contributed by atoms with Crippen LogP contribution in [0.1, 0.15) is 30.9 Å². The minimum Gasteiger partial charge on any atom is -0.462 e. The van der Waals surface area contributed by atoms with Gasteiger partial charge in [0.1, 0.15) is 6.04 Å². The van der Waals surface area contributed by atoms with Crippen molar-refractivity contribution in [3.05, 3.63) is 59.3 Å². The van der Waals surface area contributed by atoms with Gasteiger partial charge in [-0.25, -0.2) is 0 Å². The first kappa shape index (κ1) is 23.8. The number of amides is 2. The number of nitrogens with zero attached hydrogens (tertiary/aromatic N) is 2. The number of alkyl halides is 3. The first-order chi connectivity index (χ1) is 15.4. The number of benzene rings is 1. The Morgan fingerprint density at radius 2 is 1.85 bits per heavy atom. The summed E-state index contributed by atoms with van der Waals surface area (Å²) < 4.78 is 47.0. The van der Waals surface area contributed by atoms with Crippen LogP contribution in [0.15, 0.2) is 48.2 Å². The highest BCUT2D eigenvalue weighted by Crippen LogP contribution is 2.55. The van der Waals surface area contributed by atoms with Crippen molar-refractivity contribution in [2.45, 2.75) is 44.1 Å². The molecule has 1 aromatic rings. The van der Waals surface area contributed by atoms with E-state index >= 15 is 0 Å². The van der Waals surface area contributed by atoms with E-state index in [4.69, 9.17) is 16.2 Å². The average Bonchev–Trinajstić information content (AvgIpc) is 3.03. The highest BCUT2D eigenvalue weighted by Gasteiger charge is 2.67. The lowest BCUT2D eigenvalue weighted by Gasteiger charge is -2.33. The minimum absolute atomic E-state index is 0.0775. The van der Waals surface area contributed by atoms with E-state index in [1.807, 2.05) is 6.07 Å². The number of esters is 1. The van der Waals surface area contributed by atoms with Gasteiger partial charge in [0.05, 0.1) is 29.4 Å². The molecule has 1 fully saturated rings. The average molecular weight is 462 g/mol. The Hall–Kier alpha value is -3.81. The normalized spacial score (nSPS) is 26.4. The van der Waals surface area contributed by atoms with Crippen LogP contribution in [0.2, 0.25) is 0 Å². The van der Waals surface area contributed by atoms with Crippen LogP contribution in [0.3, 0.4) is 0 Å². The maximum Gasteiger partial charge on any atom is 0.416 e. The van der Waals surface area contributed by atoms with Crippen molar-refractivity contribution >= 4 is 17.8 Å². The largest absolute Gasteiger partial charge is 0.462 e. The molecule has 0 aliphatic carbocycles. The molecule has 2 aliphatic heterocycles. The van der Waals surface area contributed by atoms with Crippen molar-refractivity contribution in [1.82, 2.24) is 4.90 Å². The number of carbonyl (C=O) groups is 3. The fourth-order valence-corrected chi connectivity index (χ4v) is 4.46. The fourth-order valence-electron chi connectivity index (χ4n) is 4.46. The number of nitriles is 1. The van der Waals surface area contributed by atoms with Crippen molar-refractivity contribution < 1.29 is 32.3 Å². The summed E-state index contributed by atoms with van der Waals surface area (Å²) in [6.07, 6.45) is -1.90. The maximum absolute atomic E-state index is 13.9. The molecule has 3 rings (SSSR count). The van der Waals surface area contributed by atoms with Crippen LogP contribution >= 0.6 is 0 Å². The molecule has 0 saturated carbocycles. The molecule has 0 unspecified atom stereocenters. The van der Waals surface area contributed by atoms with E-state index in [-0.39, 0.29) is 5.57 Å². The highest BCUT2D eigenvalue weighted by atomic mass is 19.4. The molecular formula is C22H21F3N4O4. The quantitative estimate of drug-likeness (QED) is 0.639. The summed E-state index contributed by atoms with van der Waals surface area (Å²) in [6.45, 7) is 3.03. The number of ether oxygens (including phenoxy) is 1. The standard InChI is InChI=1S/C22H21F3N4O4/c1-11(2)33-20(32)21(10-26)15-8-7-12(18(27)30)9-29(15)17(19(28)31)16(21)13-5-3-4-6-14(13)22(23,24)25/h3-9,11,15-17H,1-2H3,(H2,27,30)(H2,28,31)/t15-,16-,17-,21-/m0/s1. The van der Waals surface area contributed by atoms with Crippen LogP contribution in [0.4, 0.5) is 13.2 Å². The van der Waals surface area contributed by atoms with Gasteiger partial charge in [-0.05, 0) is 31.6 Å². The Labute approximate surface area is 187 Å². The summed E-state index contributed by atoms with van der Waals surface area (Å²) in [7, 11) is 0. The molecule has 0 spiro atoms. The Bertz CT molecular complexity index is 1110. The van der Waals surface area contributed by atoms with Crippen LogP contribution in [0.5, 0.6) is 0 Å². The van der Waals surface area contributed by atoms with E-state index in [1.54, 1.807) is 0 Å². The summed E-state index contributed by atoms with van der Waals surface area (Å²) in [4.78, 5) is 38.8. The van der Waals surface area contributed by atoms with Gasteiger partial charge in [0.25, 0.3) is 0 Å². The van der Waals surface area contributed by atoms with Crippen molar-refractivity contribution in [3.63, 3.8) is 0 Å². The van der Waals surface area contributed by atoms with Gasteiger partial charge < -0.3 is 21.1 Å². The third-order valence-corrected chi connectivity index (χ3v) is 5.70. The zero-order chi connectivity index (χ0) is 24.7. The fraction of sp³-hybridized carbons (Fsp3) is 0.364. The summed E-state index contributed by atoms with van der Waals surface area (Å²) in [5.41, 5.74) is 6.96. The van der Waals surface area contributed by atoms with Crippen molar-refractivity contribution in [2.75, 3.05) is 0 Å². The molecule has 1 aromatic carbocycles. The number of carbonyl (C=O) groups excluding carboxylic acids is 3. The Morgan fingerprint density at radius 1 is 1.21 bits per heavy atom. The van der Waals surface area contributed by atoms with Gasteiger partial charge in [0.2, 0.25) is 11.8 Å². The molecule has 0 radical (unpaired) electrons. The number of primary amides is 2. The first-order valence-electron chi connectivity index (χ1n) is 9.91. The van der Waals surface area contributed by atoms with Gasteiger partial charge in [-0.1, -0.05) is 24.3 Å². The Kier molecular flexibility index (Phi) is 5.98. The van der Waals surface area contributed by atoms with Gasteiger partial charge in [-0.15, -0.1) is 0 Å². The molecule has 1 saturated heterocycles. The summed E-state index contributed by atoms with van der Waals surface area (Å²) >= 11 is 0. The number of halogens is 3. The lowest BCUT2D eigenvalue weighted by Crippen LogP contribution is -2.46. The molecular weight excluding hydrogens is 441 g/mol. The van der Waals surface area contributed by atoms with Crippen molar-refractivity contribution in [2.24, 2.45) is 16.9 Å². The third kappa shape index (κ3) is 3.82. The van der Waals surface area contributed by atoms with Crippen molar-refractivity contribution in [1.29, 1.82) is 5.26 Å². The second-order valence-corrected chi connectivity index (χ2v) is 8.04. The van der Waals surface area contributed by atoms with E-state index in [0.717, 1.165) is 29.3 Å². The van der Waals surface area contributed by atoms with Gasteiger partial charge in [-0.2, -0.15) is 18.4 Å². The van der Waals surface area contributed by atoms with E-state index < -0.39 is 64.6 Å². The number of hydrogen-bond acceptors (Lipinski definition) is 6. The Balaban J connectivity index is 2.38. The van der Waals surface area contributed by atoms with Crippen LogP contribution in [-0.2, 0) is 25.3 Å². The second-order valence-electron chi connectivity index (χ2n) is 8.04. The molecule has 2 aliphatic rings. The molecule has 8 nitrogen and oxygen atoms in total. The lowest BCUT2D eigenvalue weighted by atomic mass is 9.67. The number of hydrogen-bond donors (Lipinski definition) is 2. The maximum atomic E-state index is 13.9. The van der Waals surface area contributed by atoms with Crippen LogP contribution < -0.4 is 11.5 Å². The van der Waals surface area contributed by atoms with Gasteiger partial charge >= 0.3 is 12.1 Å². The summed E-state index contributed by atoms with van der Waals surface area (Å²) in [5, 5.41) is 10.3. The highest BCUT2D eigenvalue weighted by molar-refractivity contribution is 5.96. The number of rotatable bonds is 5. The predicted octanol–water partition coefficient (Wildman–Crippen LogP) is 1.73. The summed E-state index contributed by atoms with van der Waals surface area (Å²) in [5.74, 6) is -4.74. The molecule has 174 valence electrons. The third-order valence-electron chi connectivity index (χ3n) is 5.70. The van der Waals surface area contributed by atoms with E-state index in [1.165, 1.54) is 32.1 Å². The minimum atomic E-state index is -4.85. The number of fused-ring (bicyclic) bond motifs is 1. The van der Waals surface area contributed by atoms with Gasteiger partial charge in [-0.3, -0.25) is 14.4 Å². The lowest BCUT2D eigenvalue weighted by molar-refractivity contribution is -0.158. The second kappa shape index (κ2) is 8.27. The molecule has 0 aromatic heterocycles. The van der Waals surface area contributed by atoms with Crippen LogP contribution in [0.25, 0.3) is 0 Å². The summed E-state index contributed by atoms with van der Waals surface area (Å²) in [6, 6.07) is 3.36.